The normalized spacial score (nSPS) is 21.9. The summed E-state index contributed by atoms with van der Waals surface area (Å²) in [7, 11) is 3.20. The first-order valence-electron chi connectivity index (χ1n) is 11.3. The van der Waals surface area contributed by atoms with E-state index in [1.807, 2.05) is 48.5 Å². The lowest BCUT2D eigenvalue weighted by Gasteiger charge is -2.31. The van der Waals surface area contributed by atoms with Crippen LogP contribution in [0.25, 0.3) is 16.9 Å². The van der Waals surface area contributed by atoms with Crippen LogP contribution in [-0.2, 0) is 0 Å². The number of carbonyl (C=O) groups is 1. The lowest BCUT2D eigenvalue weighted by Crippen LogP contribution is -2.44. The zero-order chi connectivity index (χ0) is 22.8. The number of nitrogens with zero attached hydrogens (tertiary/aromatic N) is 2. The van der Waals surface area contributed by atoms with E-state index in [9.17, 15) is 4.79 Å². The van der Waals surface area contributed by atoms with Gasteiger partial charge in [-0.15, -0.1) is 0 Å². The molecule has 1 amide bonds. The molecule has 2 fully saturated rings. The minimum absolute atomic E-state index is 0.107. The molecule has 0 spiro atoms. The predicted octanol–water partition coefficient (Wildman–Crippen LogP) is 2.93. The number of benzene rings is 2. The van der Waals surface area contributed by atoms with Gasteiger partial charge in [0.15, 0.2) is 11.5 Å². The summed E-state index contributed by atoms with van der Waals surface area (Å²) in [6.45, 7) is 0.944. The van der Waals surface area contributed by atoms with Crippen molar-refractivity contribution >= 4 is 5.91 Å². The average Bonchev–Trinajstić information content (AvgIpc) is 3.51. The third-order valence-electron chi connectivity index (χ3n) is 6.61. The topological polar surface area (TPSA) is 89.4 Å². The van der Waals surface area contributed by atoms with Crippen molar-refractivity contribution < 1.29 is 14.3 Å². The van der Waals surface area contributed by atoms with E-state index >= 15 is 0 Å². The molecule has 0 bridgehead atoms. The molecule has 1 aliphatic heterocycles. The van der Waals surface area contributed by atoms with Crippen LogP contribution in [0.2, 0.25) is 0 Å². The van der Waals surface area contributed by atoms with E-state index in [2.05, 4.69) is 16.2 Å². The van der Waals surface area contributed by atoms with Gasteiger partial charge in [-0.3, -0.25) is 15.6 Å². The number of aromatic nitrogens is 2. The molecule has 1 saturated heterocycles. The lowest BCUT2D eigenvalue weighted by atomic mass is 9.83. The van der Waals surface area contributed by atoms with Gasteiger partial charge in [-0.1, -0.05) is 18.2 Å². The first-order valence-corrected chi connectivity index (χ1v) is 11.3. The van der Waals surface area contributed by atoms with Crippen LogP contribution >= 0.6 is 0 Å². The molecule has 3 atom stereocenters. The van der Waals surface area contributed by atoms with E-state index in [1.54, 1.807) is 25.1 Å². The molecule has 1 aliphatic carbocycles. The van der Waals surface area contributed by atoms with Gasteiger partial charge in [-0.05, 0) is 55.5 Å². The van der Waals surface area contributed by atoms with Gasteiger partial charge in [0.25, 0.3) is 5.91 Å². The maximum atomic E-state index is 13.5. The molecular formula is C25H29N5O3. The molecule has 5 rings (SSSR count). The number of hydrazine groups is 1. The van der Waals surface area contributed by atoms with E-state index in [0.717, 1.165) is 37.1 Å². The van der Waals surface area contributed by atoms with Gasteiger partial charge in [0.1, 0.15) is 5.69 Å². The highest BCUT2D eigenvalue weighted by Gasteiger charge is 2.34. The number of carbonyl (C=O) groups excluding carboxylic acids is 1. The highest BCUT2D eigenvalue weighted by molar-refractivity contribution is 6.00. The van der Waals surface area contributed by atoms with Crippen molar-refractivity contribution in [3.63, 3.8) is 0 Å². The Labute approximate surface area is 193 Å². The van der Waals surface area contributed by atoms with Gasteiger partial charge in [0, 0.05) is 30.4 Å². The van der Waals surface area contributed by atoms with Crippen molar-refractivity contribution in [3.8, 4) is 28.4 Å². The largest absolute Gasteiger partial charge is 0.493 e. The predicted molar refractivity (Wildman–Crippen MR) is 126 cm³/mol. The molecule has 33 heavy (non-hydrogen) atoms. The van der Waals surface area contributed by atoms with Gasteiger partial charge in [0.05, 0.1) is 25.5 Å². The standard InChI is InChI=1S/C25H29N5O3/c1-32-22-11-8-16(13-23(22)33-2)24-20(15-30(29-24)19-6-4-3-5-7-19)25(31)27-18-9-10-21-17(12-18)14-26-28-21/h3-8,11,13,15,17-18,21,26,28H,9-10,12,14H2,1-2H3,(H,27,31). The molecule has 2 aromatic carbocycles. The number of methoxy groups -OCH3 is 2. The van der Waals surface area contributed by atoms with Crippen LogP contribution in [0.5, 0.6) is 11.5 Å². The van der Waals surface area contributed by atoms with Gasteiger partial charge >= 0.3 is 0 Å². The summed E-state index contributed by atoms with van der Waals surface area (Å²) >= 11 is 0. The lowest BCUT2D eigenvalue weighted by molar-refractivity contribution is 0.0919. The average molecular weight is 448 g/mol. The fraction of sp³-hybridized carbons (Fsp3) is 0.360. The zero-order valence-corrected chi connectivity index (χ0v) is 18.9. The van der Waals surface area contributed by atoms with Crippen molar-refractivity contribution in [1.29, 1.82) is 0 Å². The summed E-state index contributed by atoms with van der Waals surface area (Å²) in [5.74, 6) is 1.66. The molecule has 0 radical (unpaired) electrons. The van der Waals surface area contributed by atoms with Crippen LogP contribution in [0.1, 0.15) is 29.6 Å². The Morgan fingerprint density at radius 1 is 1.09 bits per heavy atom. The van der Waals surface area contributed by atoms with E-state index in [1.165, 1.54) is 0 Å². The summed E-state index contributed by atoms with van der Waals surface area (Å²) in [6.07, 6.45) is 4.78. The molecule has 2 aliphatic rings. The second kappa shape index (κ2) is 9.25. The molecule has 2 heterocycles. The van der Waals surface area contributed by atoms with Crippen molar-refractivity contribution in [2.75, 3.05) is 20.8 Å². The highest BCUT2D eigenvalue weighted by atomic mass is 16.5. The molecule has 8 heteroatoms. The number of ether oxygens (including phenoxy) is 2. The summed E-state index contributed by atoms with van der Waals surface area (Å²) in [5, 5.41) is 8.06. The van der Waals surface area contributed by atoms with Crippen molar-refractivity contribution in [1.82, 2.24) is 25.9 Å². The second-order valence-corrected chi connectivity index (χ2v) is 8.62. The minimum Gasteiger partial charge on any atom is -0.493 e. The first kappa shape index (κ1) is 21.5. The molecule has 8 nitrogen and oxygen atoms in total. The Morgan fingerprint density at radius 3 is 2.70 bits per heavy atom. The number of hydrogen-bond acceptors (Lipinski definition) is 6. The van der Waals surface area contributed by atoms with Gasteiger partial charge in [-0.25, -0.2) is 4.68 Å². The highest BCUT2D eigenvalue weighted by Crippen LogP contribution is 2.34. The number of nitrogens with one attached hydrogen (secondary N) is 3. The maximum Gasteiger partial charge on any atom is 0.255 e. The smallest absolute Gasteiger partial charge is 0.255 e. The molecule has 3 aromatic rings. The van der Waals surface area contributed by atoms with Crippen molar-refractivity contribution in [2.45, 2.75) is 31.3 Å². The number of hydrogen-bond donors (Lipinski definition) is 3. The Balaban J connectivity index is 1.47. The summed E-state index contributed by atoms with van der Waals surface area (Å²) in [4.78, 5) is 13.5. The summed E-state index contributed by atoms with van der Waals surface area (Å²) < 4.78 is 12.6. The quantitative estimate of drug-likeness (QED) is 0.539. The van der Waals surface area contributed by atoms with Gasteiger partial charge in [0.2, 0.25) is 0 Å². The Bertz CT molecular complexity index is 1130. The molecule has 3 N–H and O–H groups in total. The second-order valence-electron chi connectivity index (χ2n) is 8.62. The van der Waals surface area contributed by atoms with Crippen molar-refractivity contribution in [3.05, 3.63) is 60.3 Å². The number of fused-ring (bicyclic) bond motifs is 1. The summed E-state index contributed by atoms with van der Waals surface area (Å²) in [6, 6.07) is 16.0. The first-order chi connectivity index (χ1) is 16.2. The molecule has 1 saturated carbocycles. The maximum absolute atomic E-state index is 13.5. The third-order valence-corrected chi connectivity index (χ3v) is 6.61. The van der Waals surface area contributed by atoms with Crippen LogP contribution in [-0.4, -0.2) is 48.5 Å². The number of para-hydroxylation sites is 1. The number of rotatable bonds is 6. The Hall–Kier alpha value is -3.36. The van der Waals surface area contributed by atoms with E-state index in [4.69, 9.17) is 14.6 Å². The minimum atomic E-state index is -0.107. The fourth-order valence-corrected chi connectivity index (χ4v) is 4.84. The Kier molecular flexibility index (Phi) is 6.02. The Morgan fingerprint density at radius 2 is 1.91 bits per heavy atom. The SMILES string of the molecule is COc1ccc(-c2nn(-c3ccccc3)cc2C(=O)NC2CCC3NNCC3C2)cc1OC. The molecule has 1 aromatic heterocycles. The van der Waals surface area contributed by atoms with Crippen LogP contribution in [0, 0.1) is 5.92 Å². The van der Waals surface area contributed by atoms with Crippen LogP contribution < -0.4 is 25.6 Å². The fourth-order valence-electron chi connectivity index (χ4n) is 4.84. The zero-order valence-electron chi connectivity index (χ0n) is 18.9. The van der Waals surface area contributed by atoms with Crippen LogP contribution in [0.15, 0.2) is 54.7 Å². The third kappa shape index (κ3) is 4.31. The molecule has 3 unspecified atom stereocenters. The molecule has 172 valence electrons. The van der Waals surface area contributed by atoms with E-state index in [0.29, 0.717) is 34.7 Å². The van der Waals surface area contributed by atoms with E-state index < -0.39 is 0 Å². The van der Waals surface area contributed by atoms with E-state index in [-0.39, 0.29) is 11.9 Å². The van der Waals surface area contributed by atoms with Crippen molar-refractivity contribution in [2.24, 2.45) is 5.92 Å². The van der Waals surface area contributed by atoms with Crippen LogP contribution in [0.4, 0.5) is 0 Å². The monoisotopic (exact) mass is 447 g/mol. The van der Waals surface area contributed by atoms with Gasteiger partial charge < -0.3 is 14.8 Å². The summed E-state index contributed by atoms with van der Waals surface area (Å²) in [5.41, 5.74) is 9.41. The van der Waals surface area contributed by atoms with Crippen LogP contribution in [0.3, 0.4) is 0 Å². The molecular weight excluding hydrogens is 418 g/mol. The number of amides is 1. The van der Waals surface area contributed by atoms with Gasteiger partial charge in [-0.2, -0.15) is 5.10 Å².